The van der Waals surface area contributed by atoms with Crippen LogP contribution in [0, 0.1) is 10.5 Å². The van der Waals surface area contributed by atoms with Crippen molar-refractivity contribution < 1.29 is 0 Å². The van der Waals surface area contributed by atoms with Crippen molar-refractivity contribution in [3.8, 4) is 10.6 Å². The standard InChI is InChI=1S/C10H8INS/c1-7-2-3-9(11)8(6-7)10-12-4-5-13-10/h2-6H,1H3. The molecule has 3 heteroatoms. The van der Waals surface area contributed by atoms with Crippen LogP contribution in [0.2, 0.25) is 0 Å². The lowest BCUT2D eigenvalue weighted by molar-refractivity contribution is 1.38. The van der Waals surface area contributed by atoms with Crippen molar-refractivity contribution in [2.24, 2.45) is 0 Å². The minimum absolute atomic E-state index is 1.10. The Bertz CT molecular complexity index is 409. The quantitative estimate of drug-likeness (QED) is 0.732. The lowest BCUT2D eigenvalue weighted by atomic mass is 10.1. The zero-order valence-electron chi connectivity index (χ0n) is 7.12. The summed E-state index contributed by atoms with van der Waals surface area (Å²) in [7, 11) is 0. The van der Waals surface area contributed by atoms with E-state index in [1.165, 1.54) is 14.7 Å². The fourth-order valence-electron chi connectivity index (χ4n) is 1.16. The van der Waals surface area contributed by atoms with Gasteiger partial charge in [-0.3, -0.25) is 0 Å². The minimum Gasteiger partial charge on any atom is -0.245 e. The molecule has 2 rings (SSSR count). The fraction of sp³-hybridized carbons (Fsp3) is 0.100. The van der Waals surface area contributed by atoms with E-state index in [1.54, 1.807) is 11.3 Å². The van der Waals surface area contributed by atoms with E-state index in [2.05, 4.69) is 52.7 Å². The number of hydrogen-bond donors (Lipinski definition) is 0. The summed E-state index contributed by atoms with van der Waals surface area (Å²) in [6.07, 6.45) is 1.85. The van der Waals surface area contributed by atoms with E-state index in [0.29, 0.717) is 0 Å². The molecule has 0 N–H and O–H groups in total. The highest BCUT2D eigenvalue weighted by molar-refractivity contribution is 14.1. The summed E-state index contributed by atoms with van der Waals surface area (Å²) in [5.41, 5.74) is 2.53. The van der Waals surface area contributed by atoms with Gasteiger partial charge >= 0.3 is 0 Å². The van der Waals surface area contributed by atoms with Crippen LogP contribution in [-0.4, -0.2) is 4.98 Å². The summed E-state index contributed by atoms with van der Waals surface area (Å²) >= 11 is 4.03. The van der Waals surface area contributed by atoms with Crippen LogP contribution in [0.5, 0.6) is 0 Å². The summed E-state index contributed by atoms with van der Waals surface area (Å²) in [6.45, 7) is 2.10. The van der Waals surface area contributed by atoms with E-state index in [9.17, 15) is 0 Å². The fourth-order valence-corrected chi connectivity index (χ4v) is 2.60. The topological polar surface area (TPSA) is 12.9 Å². The van der Waals surface area contributed by atoms with Crippen LogP contribution in [0.25, 0.3) is 10.6 Å². The first kappa shape index (κ1) is 9.15. The molecule has 0 radical (unpaired) electrons. The Balaban J connectivity index is 2.57. The average Bonchev–Trinajstić information content (AvgIpc) is 2.61. The number of halogens is 1. The summed E-state index contributed by atoms with van der Waals surface area (Å²) < 4.78 is 1.26. The molecule has 0 bridgehead atoms. The monoisotopic (exact) mass is 301 g/mol. The predicted molar refractivity (Wildman–Crippen MR) is 65.0 cm³/mol. The lowest BCUT2D eigenvalue weighted by Gasteiger charge is -2.01. The molecule has 0 aliphatic heterocycles. The van der Waals surface area contributed by atoms with Crippen LogP contribution in [-0.2, 0) is 0 Å². The second-order valence-electron chi connectivity index (χ2n) is 2.82. The third kappa shape index (κ3) is 1.91. The third-order valence-corrected chi connectivity index (χ3v) is 3.53. The Hall–Kier alpha value is -0.420. The van der Waals surface area contributed by atoms with Crippen LogP contribution < -0.4 is 0 Å². The summed E-state index contributed by atoms with van der Waals surface area (Å²) in [6, 6.07) is 6.44. The molecule has 0 unspecified atom stereocenters. The third-order valence-electron chi connectivity index (χ3n) is 1.78. The van der Waals surface area contributed by atoms with Crippen LogP contribution in [0.15, 0.2) is 29.8 Å². The van der Waals surface area contributed by atoms with Crippen LogP contribution in [0.1, 0.15) is 5.56 Å². The second-order valence-corrected chi connectivity index (χ2v) is 4.88. The number of nitrogens with zero attached hydrogens (tertiary/aromatic N) is 1. The van der Waals surface area contributed by atoms with E-state index in [-0.39, 0.29) is 0 Å². The van der Waals surface area contributed by atoms with E-state index in [1.807, 2.05) is 11.6 Å². The Kier molecular flexibility index (Phi) is 2.64. The molecular weight excluding hydrogens is 293 g/mol. The number of rotatable bonds is 1. The van der Waals surface area contributed by atoms with Gasteiger partial charge in [0.05, 0.1) is 0 Å². The van der Waals surface area contributed by atoms with Crippen LogP contribution in [0.4, 0.5) is 0 Å². The number of hydrogen-bond acceptors (Lipinski definition) is 2. The van der Waals surface area contributed by atoms with Gasteiger partial charge in [0.2, 0.25) is 0 Å². The van der Waals surface area contributed by atoms with Crippen LogP contribution >= 0.6 is 33.9 Å². The van der Waals surface area contributed by atoms with Crippen molar-refractivity contribution >= 4 is 33.9 Å². The maximum atomic E-state index is 4.30. The van der Waals surface area contributed by atoms with Crippen LogP contribution in [0.3, 0.4) is 0 Å². The maximum Gasteiger partial charge on any atom is 0.124 e. The molecular formula is C10H8INS. The highest BCUT2D eigenvalue weighted by atomic mass is 127. The summed E-state index contributed by atoms with van der Waals surface area (Å²) in [4.78, 5) is 4.30. The molecule has 66 valence electrons. The zero-order chi connectivity index (χ0) is 9.26. The summed E-state index contributed by atoms with van der Waals surface area (Å²) in [5.74, 6) is 0. The highest BCUT2D eigenvalue weighted by Crippen LogP contribution is 2.27. The first-order chi connectivity index (χ1) is 6.27. The molecule has 0 spiro atoms. The molecule has 2 aromatic rings. The van der Waals surface area contributed by atoms with E-state index < -0.39 is 0 Å². The molecule has 1 nitrogen and oxygen atoms in total. The molecule has 0 fully saturated rings. The van der Waals surface area contributed by atoms with Gasteiger partial charge in [-0.15, -0.1) is 11.3 Å². The molecule has 1 aromatic heterocycles. The normalized spacial score (nSPS) is 10.3. The Morgan fingerprint density at radius 1 is 1.38 bits per heavy atom. The first-order valence-electron chi connectivity index (χ1n) is 3.93. The van der Waals surface area contributed by atoms with Crippen molar-refractivity contribution in [1.82, 2.24) is 4.98 Å². The van der Waals surface area contributed by atoms with Gasteiger partial charge in [0.25, 0.3) is 0 Å². The number of thiazole rings is 1. The number of aryl methyl sites for hydroxylation is 1. The van der Waals surface area contributed by atoms with Crippen molar-refractivity contribution in [1.29, 1.82) is 0 Å². The van der Waals surface area contributed by atoms with Crippen molar-refractivity contribution in [3.05, 3.63) is 38.9 Å². The number of benzene rings is 1. The van der Waals surface area contributed by atoms with Crippen molar-refractivity contribution in [3.63, 3.8) is 0 Å². The Labute approximate surface area is 95.0 Å². The van der Waals surface area contributed by atoms with E-state index in [4.69, 9.17) is 0 Å². The van der Waals surface area contributed by atoms with Gasteiger partial charge in [-0.25, -0.2) is 4.98 Å². The molecule has 0 aliphatic rings. The molecule has 0 amide bonds. The molecule has 0 atom stereocenters. The van der Waals surface area contributed by atoms with Crippen molar-refractivity contribution in [2.75, 3.05) is 0 Å². The Morgan fingerprint density at radius 3 is 2.92 bits per heavy atom. The lowest BCUT2D eigenvalue weighted by Crippen LogP contribution is -1.82. The second kappa shape index (κ2) is 3.75. The van der Waals surface area contributed by atoms with Gasteiger partial charge in [-0.05, 0) is 41.6 Å². The van der Waals surface area contributed by atoms with Crippen molar-refractivity contribution in [2.45, 2.75) is 6.92 Å². The van der Waals surface area contributed by atoms with Gasteiger partial charge in [-0.1, -0.05) is 11.6 Å². The molecule has 13 heavy (non-hydrogen) atoms. The molecule has 0 saturated heterocycles. The summed E-state index contributed by atoms with van der Waals surface area (Å²) in [5, 5.41) is 3.11. The van der Waals surface area contributed by atoms with E-state index in [0.717, 1.165) is 5.01 Å². The average molecular weight is 301 g/mol. The molecule has 1 heterocycles. The van der Waals surface area contributed by atoms with Gasteiger partial charge in [0.15, 0.2) is 0 Å². The van der Waals surface area contributed by atoms with E-state index >= 15 is 0 Å². The zero-order valence-corrected chi connectivity index (χ0v) is 10.1. The first-order valence-corrected chi connectivity index (χ1v) is 5.89. The number of aromatic nitrogens is 1. The predicted octanol–water partition coefficient (Wildman–Crippen LogP) is 3.72. The SMILES string of the molecule is Cc1ccc(I)c(-c2nccs2)c1. The Morgan fingerprint density at radius 2 is 2.23 bits per heavy atom. The van der Waals surface area contributed by atoms with Gasteiger partial charge < -0.3 is 0 Å². The van der Waals surface area contributed by atoms with Gasteiger partial charge in [0.1, 0.15) is 5.01 Å². The largest absolute Gasteiger partial charge is 0.245 e. The smallest absolute Gasteiger partial charge is 0.124 e. The molecule has 1 aromatic carbocycles. The van der Waals surface area contributed by atoms with Gasteiger partial charge in [0, 0.05) is 20.7 Å². The molecule has 0 saturated carbocycles. The minimum atomic E-state index is 1.10. The highest BCUT2D eigenvalue weighted by Gasteiger charge is 2.04. The van der Waals surface area contributed by atoms with Gasteiger partial charge in [-0.2, -0.15) is 0 Å². The molecule has 0 aliphatic carbocycles. The maximum absolute atomic E-state index is 4.30.